The second-order valence-corrected chi connectivity index (χ2v) is 11.5. The number of piperazine rings is 1. The first-order valence-electron chi connectivity index (χ1n) is 13.3. The first-order chi connectivity index (χ1) is 17.6. The second kappa shape index (κ2) is 9.89. The summed E-state index contributed by atoms with van der Waals surface area (Å²) in [6.45, 7) is 9.98. The number of fused-ring (bicyclic) bond motifs is 3. The van der Waals surface area contributed by atoms with Crippen molar-refractivity contribution in [2.45, 2.75) is 51.7 Å². The summed E-state index contributed by atoms with van der Waals surface area (Å²) in [5.41, 5.74) is 5.37. The molecule has 1 saturated heterocycles. The van der Waals surface area contributed by atoms with Gasteiger partial charge in [0.15, 0.2) is 0 Å². The maximum atomic E-state index is 12.7. The zero-order valence-corrected chi connectivity index (χ0v) is 23.0. The number of benzene rings is 1. The van der Waals surface area contributed by atoms with Crippen LogP contribution in [-0.4, -0.2) is 77.4 Å². The molecule has 8 nitrogen and oxygen atoms in total. The van der Waals surface area contributed by atoms with Crippen molar-refractivity contribution in [3.63, 3.8) is 0 Å². The van der Waals surface area contributed by atoms with Crippen molar-refractivity contribution in [2.24, 2.45) is 7.05 Å². The SMILES string of the molecule is CN1CCN(c2cccc(Nc3ccc4c5c(n(C)c4n3)CCC(N(C)C(=O)OC(C)(C)C)C5)c2)CC1. The van der Waals surface area contributed by atoms with Gasteiger partial charge in [0.25, 0.3) is 0 Å². The molecule has 1 aliphatic heterocycles. The molecule has 1 aromatic carbocycles. The summed E-state index contributed by atoms with van der Waals surface area (Å²) >= 11 is 0. The van der Waals surface area contributed by atoms with Crippen molar-refractivity contribution in [2.75, 3.05) is 50.5 Å². The van der Waals surface area contributed by atoms with Gasteiger partial charge in [0, 0.05) is 68.8 Å². The molecule has 2 aromatic heterocycles. The predicted molar refractivity (Wildman–Crippen MR) is 150 cm³/mol. The molecule has 0 saturated carbocycles. The minimum atomic E-state index is -0.498. The highest BCUT2D eigenvalue weighted by Gasteiger charge is 2.31. The molecule has 8 heteroatoms. The van der Waals surface area contributed by atoms with Gasteiger partial charge in [0.1, 0.15) is 17.1 Å². The van der Waals surface area contributed by atoms with Crippen LogP contribution in [0.15, 0.2) is 36.4 Å². The van der Waals surface area contributed by atoms with Crippen LogP contribution in [0.3, 0.4) is 0 Å². The number of anilines is 3. The molecule has 1 N–H and O–H groups in total. The zero-order chi connectivity index (χ0) is 26.3. The number of rotatable bonds is 4. The minimum absolute atomic E-state index is 0.114. The highest BCUT2D eigenvalue weighted by Crippen LogP contribution is 2.34. The number of hydrogen-bond acceptors (Lipinski definition) is 6. The number of amides is 1. The number of ether oxygens (including phenoxy) is 1. The third-order valence-electron chi connectivity index (χ3n) is 7.64. The fourth-order valence-electron chi connectivity index (χ4n) is 5.49. The standard InChI is InChI=1S/C29H40N6O2/c1-29(2,3)37-28(36)33(5)21-10-12-25-24(19-21)23-11-13-26(31-27(23)34(25)6)30-20-8-7-9-22(18-20)35-16-14-32(4)15-17-35/h7-9,11,13,18,21H,10,12,14-17,19H2,1-6H3,(H,30,31). The summed E-state index contributed by atoms with van der Waals surface area (Å²) in [4.78, 5) is 24.3. The summed E-state index contributed by atoms with van der Waals surface area (Å²) in [5.74, 6) is 0.836. The topological polar surface area (TPSA) is 65.9 Å². The normalized spacial score (nSPS) is 18.5. The van der Waals surface area contributed by atoms with Crippen LogP contribution >= 0.6 is 0 Å². The number of pyridine rings is 1. The summed E-state index contributed by atoms with van der Waals surface area (Å²) < 4.78 is 7.84. The Morgan fingerprint density at radius 2 is 1.86 bits per heavy atom. The second-order valence-electron chi connectivity index (χ2n) is 11.5. The lowest BCUT2D eigenvalue weighted by Gasteiger charge is -2.34. The lowest BCUT2D eigenvalue weighted by Crippen LogP contribution is -2.44. The first-order valence-corrected chi connectivity index (χ1v) is 13.3. The number of hydrogen-bond donors (Lipinski definition) is 1. The van der Waals surface area contributed by atoms with E-state index in [-0.39, 0.29) is 12.1 Å². The van der Waals surface area contributed by atoms with Gasteiger partial charge in [-0.3, -0.25) is 0 Å². The van der Waals surface area contributed by atoms with Crippen molar-refractivity contribution in [3.8, 4) is 0 Å². The molecular weight excluding hydrogens is 464 g/mol. The van der Waals surface area contributed by atoms with Gasteiger partial charge >= 0.3 is 6.09 Å². The average molecular weight is 505 g/mol. The molecule has 5 rings (SSSR count). The highest BCUT2D eigenvalue weighted by molar-refractivity contribution is 5.85. The van der Waals surface area contributed by atoms with Crippen molar-refractivity contribution in [1.82, 2.24) is 19.4 Å². The van der Waals surface area contributed by atoms with Crippen LogP contribution in [0.4, 0.5) is 22.0 Å². The first kappa shape index (κ1) is 25.4. The number of aromatic nitrogens is 2. The van der Waals surface area contributed by atoms with Gasteiger partial charge in [0.2, 0.25) is 0 Å². The minimum Gasteiger partial charge on any atom is -0.444 e. The predicted octanol–water partition coefficient (Wildman–Crippen LogP) is 4.79. The van der Waals surface area contributed by atoms with Gasteiger partial charge in [-0.05, 0) is 83.0 Å². The molecule has 3 heterocycles. The van der Waals surface area contributed by atoms with E-state index in [2.05, 4.69) is 70.2 Å². The van der Waals surface area contributed by atoms with Crippen LogP contribution in [0.1, 0.15) is 38.4 Å². The van der Waals surface area contributed by atoms with Gasteiger partial charge in [0.05, 0.1) is 0 Å². The van der Waals surface area contributed by atoms with Crippen LogP contribution in [0, 0.1) is 0 Å². The molecule has 37 heavy (non-hydrogen) atoms. The van der Waals surface area contributed by atoms with Gasteiger partial charge in [-0.15, -0.1) is 0 Å². The van der Waals surface area contributed by atoms with Gasteiger partial charge in [-0.2, -0.15) is 0 Å². The van der Waals surface area contributed by atoms with E-state index in [1.54, 1.807) is 4.90 Å². The van der Waals surface area contributed by atoms with E-state index < -0.39 is 5.60 Å². The Kier molecular flexibility index (Phi) is 6.79. The van der Waals surface area contributed by atoms with Crippen molar-refractivity contribution in [3.05, 3.63) is 47.7 Å². The van der Waals surface area contributed by atoms with Crippen LogP contribution in [0.2, 0.25) is 0 Å². The number of likely N-dealkylation sites (N-methyl/N-ethyl adjacent to an activating group) is 2. The molecule has 3 aromatic rings. The summed E-state index contributed by atoms with van der Waals surface area (Å²) in [6, 6.07) is 12.9. The Bertz CT molecular complexity index is 1290. The molecule has 1 amide bonds. The van der Waals surface area contributed by atoms with Crippen molar-refractivity contribution < 1.29 is 9.53 Å². The largest absolute Gasteiger partial charge is 0.444 e. The number of carbonyl (C=O) groups excluding carboxylic acids is 1. The molecular formula is C29H40N6O2. The zero-order valence-electron chi connectivity index (χ0n) is 23.0. The molecule has 2 aliphatic rings. The van der Waals surface area contributed by atoms with E-state index in [0.29, 0.717) is 0 Å². The van der Waals surface area contributed by atoms with E-state index in [0.717, 1.165) is 68.0 Å². The summed E-state index contributed by atoms with van der Waals surface area (Å²) in [6.07, 6.45) is 2.38. The fourth-order valence-corrected chi connectivity index (χ4v) is 5.49. The van der Waals surface area contributed by atoms with E-state index in [4.69, 9.17) is 9.72 Å². The number of aryl methyl sites for hydroxylation is 1. The average Bonchev–Trinajstić information content (AvgIpc) is 3.14. The Labute approximate surface area is 220 Å². The summed E-state index contributed by atoms with van der Waals surface area (Å²) in [5, 5.41) is 4.69. The molecule has 1 unspecified atom stereocenters. The smallest absolute Gasteiger partial charge is 0.410 e. The van der Waals surface area contributed by atoms with Gasteiger partial charge in [-0.25, -0.2) is 9.78 Å². The number of nitrogens with zero attached hydrogens (tertiary/aromatic N) is 5. The molecule has 0 spiro atoms. The van der Waals surface area contributed by atoms with Gasteiger partial charge < -0.3 is 29.3 Å². The number of carbonyl (C=O) groups is 1. The van der Waals surface area contributed by atoms with Gasteiger partial charge in [-0.1, -0.05) is 6.07 Å². The van der Waals surface area contributed by atoms with Crippen LogP contribution in [0.25, 0.3) is 11.0 Å². The van der Waals surface area contributed by atoms with Crippen molar-refractivity contribution in [1.29, 1.82) is 0 Å². The maximum Gasteiger partial charge on any atom is 0.410 e. The Morgan fingerprint density at radius 3 is 2.59 bits per heavy atom. The third kappa shape index (κ3) is 5.39. The van der Waals surface area contributed by atoms with E-state index in [9.17, 15) is 4.79 Å². The van der Waals surface area contributed by atoms with Crippen LogP contribution in [0.5, 0.6) is 0 Å². The quantitative estimate of drug-likeness (QED) is 0.551. The molecule has 198 valence electrons. The third-order valence-corrected chi connectivity index (χ3v) is 7.64. The Hall–Kier alpha value is -3.26. The molecule has 0 bridgehead atoms. The van der Waals surface area contributed by atoms with E-state index in [1.165, 1.54) is 16.9 Å². The fraction of sp³-hybridized carbons (Fsp3) is 0.517. The maximum absolute atomic E-state index is 12.7. The molecule has 1 aliphatic carbocycles. The highest BCUT2D eigenvalue weighted by atomic mass is 16.6. The van der Waals surface area contributed by atoms with Crippen LogP contribution < -0.4 is 10.2 Å². The Morgan fingerprint density at radius 1 is 1.11 bits per heavy atom. The van der Waals surface area contributed by atoms with E-state index >= 15 is 0 Å². The van der Waals surface area contributed by atoms with Crippen molar-refractivity contribution >= 4 is 34.3 Å². The van der Waals surface area contributed by atoms with E-state index in [1.807, 2.05) is 27.8 Å². The summed E-state index contributed by atoms with van der Waals surface area (Å²) in [7, 11) is 6.13. The lowest BCUT2D eigenvalue weighted by molar-refractivity contribution is 0.0210. The molecule has 0 radical (unpaired) electrons. The number of nitrogens with one attached hydrogen (secondary N) is 1. The Balaban J connectivity index is 1.34. The monoisotopic (exact) mass is 504 g/mol. The molecule has 1 atom stereocenters. The lowest BCUT2D eigenvalue weighted by atomic mass is 9.91. The molecule has 1 fully saturated rings. The van der Waals surface area contributed by atoms with Crippen LogP contribution in [-0.2, 0) is 24.6 Å².